The summed E-state index contributed by atoms with van der Waals surface area (Å²) in [5, 5.41) is 0. The van der Waals surface area contributed by atoms with Gasteiger partial charge in [-0.05, 0) is 35.0 Å². The van der Waals surface area contributed by atoms with E-state index in [1.807, 2.05) is 0 Å². The van der Waals surface area contributed by atoms with Crippen LogP contribution in [-0.2, 0) is 4.74 Å². The Bertz CT molecular complexity index is 463. The highest BCUT2D eigenvalue weighted by Gasteiger charge is 2.22. The third-order valence-electron chi connectivity index (χ3n) is 1.96. The van der Waals surface area contributed by atoms with Gasteiger partial charge in [0.15, 0.2) is 6.29 Å². The number of aldehydes is 1. The summed E-state index contributed by atoms with van der Waals surface area (Å²) < 4.78 is 33.4. The number of halogens is 3. The lowest BCUT2D eigenvalue weighted by molar-refractivity contribution is -0.0505. The molecule has 0 N–H and O–H groups in total. The highest BCUT2D eigenvalue weighted by atomic mass is 79.9. The quantitative estimate of drug-likeness (QED) is 0.617. The first-order chi connectivity index (χ1) is 8.51. The Balaban J connectivity index is 3.30. The third kappa shape index (κ3) is 3.25. The molecule has 0 aliphatic rings. The zero-order valence-electron chi connectivity index (χ0n) is 9.28. The number of alkyl halides is 2. The van der Waals surface area contributed by atoms with Gasteiger partial charge in [0.1, 0.15) is 11.3 Å². The van der Waals surface area contributed by atoms with Crippen LogP contribution in [0.3, 0.4) is 0 Å². The summed E-state index contributed by atoms with van der Waals surface area (Å²) in [6, 6.07) is 2.38. The van der Waals surface area contributed by atoms with E-state index in [1.165, 1.54) is 6.07 Å². The van der Waals surface area contributed by atoms with Crippen molar-refractivity contribution in [3.63, 3.8) is 0 Å². The van der Waals surface area contributed by atoms with Gasteiger partial charge in [0.2, 0.25) is 0 Å². The van der Waals surface area contributed by atoms with E-state index in [2.05, 4.69) is 20.7 Å². The Hall–Kier alpha value is -1.50. The van der Waals surface area contributed by atoms with E-state index in [4.69, 9.17) is 4.74 Å². The molecule has 0 spiro atoms. The molecule has 7 heteroatoms. The number of esters is 1. The van der Waals surface area contributed by atoms with Gasteiger partial charge in [-0.3, -0.25) is 4.79 Å². The highest BCUT2D eigenvalue weighted by molar-refractivity contribution is 9.10. The summed E-state index contributed by atoms with van der Waals surface area (Å²) in [5.74, 6) is -1.19. The van der Waals surface area contributed by atoms with Gasteiger partial charge >= 0.3 is 12.6 Å². The topological polar surface area (TPSA) is 52.6 Å². The average Bonchev–Trinajstić information content (AvgIpc) is 2.29. The largest absolute Gasteiger partial charge is 0.462 e. The van der Waals surface area contributed by atoms with Crippen molar-refractivity contribution >= 4 is 28.2 Å². The second kappa shape index (κ2) is 6.44. The van der Waals surface area contributed by atoms with Crippen molar-refractivity contribution in [3.05, 3.63) is 27.7 Å². The number of ether oxygens (including phenoxy) is 2. The molecule has 0 fully saturated rings. The van der Waals surface area contributed by atoms with Crippen LogP contribution in [0.1, 0.15) is 27.6 Å². The molecule has 1 aromatic rings. The number of carbonyl (C=O) groups excluding carboxylic acids is 2. The molecule has 0 unspecified atom stereocenters. The van der Waals surface area contributed by atoms with Gasteiger partial charge in [0, 0.05) is 10.0 Å². The van der Waals surface area contributed by atoms with Crippen LogP contribution in [-0.4, -0.2) is 25.5 Å². The zero-order valence-corrected chi connectivity index (χ0v) is 10.9. The second-order valence-electron chi connectivity index (χ2n) is 3.06. The van der Waals surface area contributed by atoms with Gasteiger partial charge in [-0.25, -0.2) is 4.79 Å². The van der Waals surface area contributed by atoms with Crippen molar-refractivity contribution < 1.29 is 27.8 Å². The van der Waals surface area contributed by atoms with Gasteiger partial charge in [-0.1, -0.05) is 0 Å². The SMILES string of the molecule is CCOC(=O)c1c(OC(F)F)ccc(C=O)c1Br. The molecular formula is C11H9BrF2O4. The maximum Gasteiger partial charge on any atom is 0.387 e. The molecule has 98 valence electrons. The van der Waals surface area contributed by atoms with E-state index < -0.39 is 12.6 Å². The van der Waals surface area contributed by atoms with Crippen LogP contribution < -0.4 is 4.74 Å². The number of hydrogen-bond acceptors (Lipinski definition) is 4. The van der Waals surface area contributed by atoms with Crippen molar-refractivity contribution in [1.82, 2.24) is 0 Å². The molecular weight excluding hydrogens is 314 g/mol. The summed E-state index contributed by atoms with van der Waals surface area (Å²) in [6.45, 7) is -1.43. The predicted octanol–water partition coefficient (Wildman–Crippen LogP) is 3.04. The molecule has 4 nitrogen and oxygen atoms in total. The van der Waals surface area contributed by atoms with Crippen molar-refractivity contribution in [3.8, 4) is 5.75 Å². The van der Waals surface area contributed by atoms with Crippen LogP contribution in [0.5, 0.6) is 5.75 Å². The van der Waals surface area contributed by atoms with Gasteiger partial charge in [0.05, 0.1) is 6.61 Å². The number of hydrogen-bond donors (Lipinski definition) is 0. The fourth-order valence-electron chi connectivity index (χ4n) is 1.25. The lowest BCUT2D eigenvalue weighted by Gasteiger charge is -2.12. The average molecular weight is 323 g/mol. The minimum Gasteiger partial charge on any atom is -0.462 e. The van der Waals surface area contributed by atoms with Crippen LogP contribution in [0.25, 0.3) is 0 Å². The maximum absolute atomic E-state index is 12.2. The number of carbonyl (C=O) groups is 2. The maximum atomic E-state index is 12.2. The van der Waals surface area contributed by atoms with E-state index in [0.29, 0.717) is 6.29 Å². The van der Waals surface area contributed by atoms with E-state index in [9.17, 15) is 18.4 Å². The molecule has 0 saturated heterocycles. The smallest absolute Gasteiger partial charge is 0.387 e. The minimum atomic E-state index is -3.08. The Morgan fingerprint density at radius 3 is 2.67 bits per heavy atom. The first kappa shape index (κ1) is 14.6. The normalized spacial score (nSPS) is 10.3. The van der Waals surface area contributed by atoms with Crippen molar-refractivity contribution in [2.45, 2.75) is 13.5 Å². The first-order valence-corrected chi connectivity index (χ1v) is 5.70. The molecule has 1 rings (SSSR count). The number of benzene rings is 1. The molecule has 0 radical (unpaired) electrons. The predicted molar refractivity (Wildman–Crippen MR) is 62.1 cm³/mol. The minimum absolute atomic E-state index is 0.0640. The molecule has 0 heterocycles. The number of rotatable bonds is 5. The molecule has 0 saturated carbocycles. The fourth-order valence-corrected chi connectivity index (χ4v) is 1.84. The summed E-state index contributed by atoms with van der Waals surface area (Å²) in [7, 11) is 0. The molecule has 0 aliphatic heterocycles. The molecule has 0 atom stereocenters. The molecule has 0 amide bonds. The van der Waals surface area contributed by atoms with E-state index in [1.54, 1.807) is 6.92 Å². The van der Waals surface area contributed by atoms with Gasteiger partial charge in [-0.2, -0.15) is 8.78 Å². The summed E-state index contributed by atoms with van der Waals surface area (Å²) in [5.41, 5.74) is -0.0959. The van der Waals surface area contributed by atoms with Crippen LogP contribution in [0.4, 0.5) is 8.78 Å². The van der Waals surface area contributed by atoms with Crippen LogP contribution in [0, 0.1) is 0 Å². The Morgan fingerprint density at radius 1 is 1.50 bits per heavy atom. The summed E-state index contributed by atoms with van der Waals surface area (Å²) >= 11 is 3.00. The molecule has 0 aliphatic carbocycles. The monoisotopic (exact) mass is 322 g/mol. The third-order valence-corrected chi connectivity index (χ3v) is 2.81. The van der Waals surface area contributed by atoms with Gasteiger partial charge in [0.25, 0.3) is 0 Å². The van der Waals surface area contributed by atoms with Crippen molar-refractivity contribution in [1.29, 1.82) is 0 Å². The highest BCUT2D eigenvalue weighted by Crippen LogP contribution is 2.31. The van der Waals surface area contributed by atoms with Crippen LogP contribution in [0.15, 0.2) is 16.6 Å². The lowest BCUT2D eigenvalue weighted by Crippen LogP contribution is -2.12. The Kier molecular flexibility index (Phi) is 5.21. The fraction of sp³-hybridized carbons (Fsp3) is 0.273. The summed E-state index contributed by atoms with van der Waals surface area (Å²) in [4.78, 5) is 22.4. The molecule has 18 heavy (non-hydrogen) atoms. The van der Waals surface area contributed by atoms with E-state index in [-0.39, 0.29) is 28.0 Å². The lowest BCUT2D eigenvalue weighted by atomic mass is 10.1. The van der Waals surface area contributed by atoms with Crippen molar-refractivity contribution in [2.24, 2.45) is 0 Å². The van der Waals surface area contributed by atoms with Crippen molar-refractivity contribution in [2.75, 3.05) is 6.61 Å². The second-order valence-corrected chi connectivity index (χ2v) is 3.85. The Labute approximate surface area is 110 Å². The van der Waals surface area contributed by atoms with Crippen LogP contribution in [0.2, 0.25) is 0 Å². The van der Waals surface area contributed by atoms with Gasteiger partial charge in [-0.15, -0.1) is 0 Å². The summed E-state index contributed by atoms with van der Waals surface area (Å²) in [6.07, 6.45) is 0.485. The first-order valence-electron chi connectivity index (χ1n) is 4.90. The van der Waals surface area contributed by atoms with E-state index in [0.717, 1.165) is 6.07 Å². The van der Waals surface area contributed by atoms with Crippen LogP contribution >= 0.6 is 15.9 Å². The molecule has 0 bridgehead atoms. The zero-order chi connectivity index (χ0) is 13.7. The molecule has 0 aromatic heterocycles. The Morgan fingerprint density at radius 2 is 2.17 bits per heavy atom. The van der Waals surface area contributed by atoms with Gasteiger partial charge < -0.3 is 9.47 Å². The standard InChI is InChI=1S/C11H9BrF2O4/c1-2-17-10(16)8-7(18-11(13)14)4-3-6(5-15)9(8)12/h3-5,11H,2H2,1H3. The molecule has 1 aromatic carbocycles. The van der Waals surface area contributed by atoms with E-state index >= 15 is 0 Å².